The molecule has 1 rings (SSSR count). The van der Waals surface area contributed by atoms with E-state index in [0.29, 0.717) is 4.90 Å². The van der Waals surface area contributed by atoms with Gasteiger partial charge < -0.3 is 24.7 Å². The summed E-state index contributed by atoms with van der Waals surface area (Å²) < 4.78 is 64.2. The van der Waals surface area contributed by atoms with E-state index >= 15 is 0 Å². The summed E-state index contributed by atoms with van der Waals surface area (Å²) in [5, 5.41) is 22.0. The molecule has 0 aliphatic carbocycles. The fraction of sp³-hybridized carbons (Fsp3) is 0.364. The molecular weight excluding hydrogens is 319 g/mol. The van der Waals surface area contributed by atoms with Crippen LogP contribution in [0.2, 0.25) is 0 Å². The summed E-state index contributed by atoms with van der Waals surface area (Å²) in [6.07, 6.45) is -9.10. The Hall–Kier alpha value is -2.46. The Labute approximate surface area is 119 Å². The number of carbonyl (C=O) groups is 2. The zero-order chi connectivity index (χ0) is 17.4. The molecule has 0 fully saturated rings. The van der Waals surface area contributed by atoms with E-state index < -0.39 is 52.7 Å². The second-order valence-corrected chi connectivity index (χ2v) is 4.21. The van der Waals surface area contributed by atoms with Gasteiger partial charge in [-0.3, -0.25) is 0 Å². The lowest BCUT2D eigenvalue weighted by Gasteiger charge is -2.27. The molecule has 0 unspecified atom stereocenters. The van der Waals surface area contributed by atoms with Crippen molar-refractivity contribution in [3.8, 4) is 0 Å². The standard InChI is InChI=1S/C11H9F5N2O4/c1-18(2)6-3(9(19)20)5(8(12)13)17-7(11(14,15)16)4(6)10(21)22/h8H,1-2H3,(H,19,20)(H,21,22)/p-2. The van der Waals surface area contributed by atoms with Gasteiger partial charge >= 0.3 is 6.18 Å². The van der Waals surface area contributed by atoms with E-state index in [2.05, 4.69) is 4.98 Å². The van der Waals surface area contributed by atoms with Crippen LogP contribution in [-0.2, 0) is 6.18 Å². The third kappa shape index (κ3) is 3.07. The van der Waals surface area contributed by atoms with Gasteiger partial charge in [0, 0.05) is 19.7 Å². The van der Waals surface area contributed by atoms with Crippen molar-refractivity contribution in [3.05, 3.63) is 22.5 Å². The number of aromatic carboxylic acids is 2. The molecule has 1 aromatic rings. The van der Waals surface area contributed by atoms with E-state index in [1.165, 1.54) is 0 Å². The van der Waals surface area contributed by atoms with E-state index in [4.69, 9.17) is 0 Å². The zero-order valence-electron chi connectivity index (χ0n) is 11.0. The van der Waals surface area contributed by atoms with Crippen LogP contribution in [0.15, 0.2) is 0 Å². The monoisotopic (exact) mass is 326 g/mol. The summed E-state index contributed by atoms with van der Waals surface area (Å²) in [5.41, 5.74) is -8.12. The maximum Gasteiger partial charge on any atom is 0.434 e. The Morgan fingerprint density at radius 1 is 1.09 bits per heavy atom. The number of hydrogen-bond donors (Lipinski definition) is 0. The van der Waals surface area contributed by atoms with Gasteiger partial charge in [0.15, 0.2) is 5.69 Å². The van der Waals surface area contributed by atoms with Gasteiger partial charge in [0.25, 0.3) is 6.43 Å². The lowest BCUT2D eigenvalue weighted by molar-refractivity contribution is -0.255. The van der Waals surface area contributed by atoms with Crippen LogP contribution in [0.25, 0.3) is 0 Å². The quantitative estimate of drug-likeness (QED) is 0.713. The van der Waals surface area contributed by atoms with Crippen LogP contribution in [-0.4, -0.2) is 31.0 Å². The van der Waals surface area contributed by atoms with Crippen LogP contribution in [0.3, 0.4) is 0 Å². The molecule has 0 saturated heterocycles. The number of aromatic nitrogens is 1. The molecule has 0 aliphatic rings. The van der Waals surface area contributed by atoms with Crippen LogP contribution in [0.1, 0.15) is 38.5 Å². The lowest BCUT2D eigenvalue weighted by Crippen LogP contribution is -2.35. The number of alkyl halides is 5. The number of halogens is 5. The molecule has 0 spiro atoms. The highest BCUT2D eigenvalue weighted by Crippen LogP contribution is 2.39. The topological polar surface area (TPSA) is 96.4 Å². The molecule has 0 saturated carbocycles. The average Bonchev–Trinajstić information content (AvgIpc) is 2.34. The third-order valence-corrected chi connectivity index (χ3v) is 2.53. The van der Waals surface area contributed by atoms with Gasteiger partial charge in [0.2, 0.25) is 0 Å². The number of carboxylic acid groups (broad SMARTS) is 2. The summed E-state index contributed by atoms with van der Waals surface area (Å²) in [5.74, 6) is -4.70. The average molecular weight is 326 g/mol. The first-order valence-corrected chi connectivity index (χ1v) is 5.42. The van der Waals surface area contributed by atoms with Crippen LogP contribution in [0.5, 0.6) is 0 Å². The minimum absolute atomic E-state index is 0.624. The molecule has 1 aromatic heterocycles. The predicted molar refractivity (Wildman–Crippen MR) is 57.2 cm³/mol. The Bertz CT molecular complexity index is 628. The van der Waals surface area contributed by atoms with Crippen molar-refractivity contribution in [2.24, 2.45) is 0 Å². The van der Waals surface area contributed by atoms with E-state index in [1.54, 1.807) is 0 Å². The molecule has 22 heavy (non-hydrogen) atoms. The molecular formula is C11H7F5N2O4-2. The van der Waals surface area contributed by atoms with Crippen molar-refractivity contribution in [2.45, 2.75) is 12.6 Å². The van der Waals surface area contributed by atoms with Gasteiger partial charge in [-0.1, -0.05) is 0 Å². The highest BCUT2D eigenvalue weighted by Gasteiger charge is 2.40. The second-order valence-electron chi connectivity index (χ2n) is 4.21. The van der Waals surface area contributed by atoms with Gasteiger partial charge in [-0.25, -0.2) is 13.8 Å². The molecule has 0 N–H and O–H groups in total. The number of carbonyl (C=O) groups excluding carboxylic acids is 2. The first-order chi connectivity index (χ1) is 9.89. The zero-order valence-corrected chi connectivity index (χ0v) is 11.0. The number of hydrogen-bond acceptors (Lipinski definition) is 6. The third-order valence-electron chi connectivity index (χ3n) is 2.53. The SMILES string of the molecule is CN(C)c1c(C(=O)[O-])c(C(F)F)nc(C(F)(F)F)c1C(=O)[O-]. The van der Waals surface area contributed by atoms with Crippen LogP contribution >= 0.6 is 0 Å². The molecule has 0 amide bonds. The first-order valence-electron chi connectivity index (χ1n) is 5.42. The molecule has 6 nitrogen and oxygen atoms in total. The maximum atomic E-state index is 12.8. The Balaban J connectivity index is 4.08. The van der Waals surface area contributed by atoms with Crippen molar-refractivity contribution in [1.82, 2.24) is 4.98 Å². The molecule has 0 atom stereocenters. The van der Waals surface area contributed by atoms with Crippen molar-refractivity contribution in [2.75, 3.05) is 19.0 Å². The smallest absolute Gasteiger partial charge is 0.434 e. The van der Waals surface area contributed by atoms with Crippen molar-refractivity contribution < 1.29 is 41.8 Å². The first kappa shape index (κ1) is 17.6. The van der Waals surface area contributed by atoms with Crippen LogP contribution in [0.4, 0.5) is 27.6 Å². The minimum Gasteiger partial charge on any atom is -0.545 e. The molecule has 0 aliphatic heterocycles. The molecule has 0 bridgehead atoms. The highest BCUT2D eigenvalue weighted by atomic mass is 19.4. The largest absolute Gasteiger partial charge is 0.545 e. The summed E-state index contributed by atoms with van der Waals surface area (Å²) >= 11 is 0. The number of rotatable bonds is 4. The van der Waals surface area contributed by atoms with Crippen molar-refractivity contribution in [1.29, 1.82) is 0 Å². The van der Waals surface area contributed by atoms with Gasteiger partial charge in [0.1, 0.15) is 5.69 Å². The van der Waals surface area contributed by atoms with Crippen molar-refractivity contribution >= 4 is 17.6 Å². The Morgan fingerprint density at radius 2 is 1.55 bits per heavy atom. The summed E-state index contributed by atoms with van der Waals surface area (Å²) in [7, 11) is 1.95. The molecule has 122 valence electrons. The number of pyridine rings is 1. The maximum absolute atomic E-state index is 12.8. The molecule has 11 heteroatoms. The number of carboxylic acids is 2. The number of nitrogens with zero attached hydrogens (tertiary/aromatic N) is 2. The summed E-state index contributed by atoms with van der Waals surface area (Å²) in [4.78, 5) is 25.1. The normalized spacial score (nSPS) is 11.6. The fourth-order valence-electron chi connectivity index (χ4n) is 1.80. The van der Waals surface area contributed by atoms with E-state index in [-0.39, 0.29) is 0 Å². The second kappa shape index (κ2) is 5.73. The molecule has 0 radical (unpaired) electrons. The van der Waals surface area contributed by atoms with E-state index in [0.717, 1.165) is 14.1 Å². The fourth-order valence-corrected chi connectivity index (χ4v) is 1.80. The van der Waals surface area contributed by atoms with E-state index in [9.17, 15) is 41.8 Å². The predicted octanol–water partition coefficient (Wildman–Crippen LogP) is -0.169. The van der Waals surface area contributed by atoms with Crippen molar-refractivity contribution in [3.63, 3.8) is 0 Å². The highest BCUT2D eigenvalue weighted by molar-refractivity contribution is 6.03. The molecule has 0 aromatic carbocycles. The van der Waals surface area contributed by atoms with Crippen LogP contribution < -0.4 is 15.1 Å². The summed E-state index contributed by atoms with van der Waals surface area (Å²) in [6.45, 7) is 0. The van der Waals surface area contributed by atoms with Crippen LogP contribution in [0, 0.1) is 0 Å². The van der Waals surface area contributed by atoms with Gasteiger partial charge in [-0.05, 0) is 0 Å². The lowest BCUT2D eigenvalue weighted by atomic mass is 10.0. The Kier molecular flexibility index (Phi) is 4.58. The van der Waals surface area contributed by atoms with Gasteiger partial charge in [-0.15, -0.1) is 0 Å². The minimum atomic E-state index is -5.41. The van der Waals surface area contributed by atoms with E-state index in [1.807, 2.05) is 0 Å². The summed E-state index contributed by atoms with van der Waals surface area (Å²) in [6, 6.07) is 0. The van der Waals surface area contributed by atoms with Gasteiger partial charge in [0.05, 0.1) is 23.2 Å². The molecule has 1 heterocycles. The van der Waals surface area contributed by atoms with Gasteiger partial charge in [-0.2, -0.15) is 13.2 Å². The number of anilines is 1. The Morgan fingerprint density at radius 3 is 1.82 bits per heavy atom.